The van der Waals surface area contributed by atoms with Crippen molar-refractivity contribution in [2.45, 2.75) is 43.9 Å². The Morgan fingerprint density at radius 1 is 1.17 bits per heavy atom. The molecule has 0 radical (unpaired) electrons. The van der Waals surface area contributed by atoms with Gasteiger partial charge in [0.15, 0.2) is 5.79 Å². The monoisotopic (exact) mass is 275 g/mol. The van der Waals surface area contributed by atoms with Crippen LogP contribution in [0.4, 0.5) is 0 Å². The molecule has 0 aromatic carbocycles. The van der Waals surface area contributed by atoms with Crippen LogP contribution in [0, 0.1) is 0 Å². The van der Waals surface area contributed by atoms with Gasteiger partial charge in [0.25, 0.3) is 0 Å². The molecule has 18 heavy (non-hydrogen) atoms. The van der Waals surface area contributed by atoms with Gasteiger partial charge in [-0.1, -0.05) is 0 Å². The van der Waals surface area contributed by atoms with Gasteiger partial charge in [0.2, 0.25) is 0 Å². The van der Waals surface area contributed by atoms with Gasteiger partial charge in [-0.25, -0.2) is 0 Å². The van der Waals surface area contributed by atoms with Crippen molar-refractivity contribution < 1.29 is 14.6 Å². The van der Waals surface area contributed by atoms with Crippen molar-refractivity contribution in [1.29, 1.82) is 0 Å². The quantitative estimate of drug-likeness (QED) is 0.688. The summed E-state index contributed by atoms with van der Waals surface area (Å²) >= 11 is 1.91. The normalized spacial score (nSPS) is 23.8. The minimum atomic E-state index is -0.228. The Hall–Kier alpha value is 0.190. The maximum absolute atomic E-state index is 8.67. The molecule has 1 saturated carbocycles. The molecule has 0 atom stereocenters. The first kappa shape index (κ1) is 14.6. The number of aliphatic hydroxyl groups is 1. The molecule has 2 fully saturated rings. The summed E-state index contributed by atoms with van der Waals surface area (Å²) in [4.78, 5) is 0. The van der Waals surface area contributed by atoms with Crippen LogP contribution < -0.4 is 5.32 Å². The van der Waals surface area contributed by atoms with Crippen molar-refractivity contribution in [2.24, 2.45) is 0 Å². The van der Waals surface area contributed by atoms with Crippen molar-refractivity contribution >= 4 is 11.8 Å². The smallest absolute Gasteiger partial charge is 0.168 e. The molecule has 1 spiro atoms. The molecule has 1 heterocycles. The fourth-order valence-corrected chi connectivity index (χ4v) is 3.45. The van der Waals surface area contributed by atoms with Crippen LogP contribution in [-0.4, -0.2) is 54.8 Å². The highest BCUT2D eigenvalue weighted by Gasteiger charge is 2.39. The van der Waals surface area contributed by atoms with Gasteiger partial charge in [-0.2, -0.15) is 11.8 Å². The topological polar surface area (TPSA) is 50.7 Å². The Balaban J connectivity index is 1.51. The van der Waals surface area contributed by atoms with Crippen molar-refractivity contribution in [3.63, 3.8) is 0 Å². The van der Waals surface area contributed by atoms with Gasteiger partial charge in [-0.3, -0.25) is 0 Å². The van der Waals surface area contributed by atoms with Gasteiger partial charge < -0.3 is 19.9 Å². The van der Waals surface area contributed by atoms with Crippen LogP contribution in [0.2, 0.25) is 0 Å². The van der Waals surface area contributed by atoms with Gasteiger partial charge >= 0.3 is 0 Å². The molecule has 1 saturated heterocycles. The summed E-state index contributed by atoms with van der Waals surface area (Å²) in [5, 5.41) is 12.3. The van der Waals surface area contributed by atoms with E-state index < -0.39 is 0 Å². The van der Waals surface area contributed by atoms with Gasteiger partial charge in [-0.15, -0.1) is 0 Å². The third-order valence-corrected chi connectivity index (χ3v) is 4.76. The van der Waals surface area contributed by atoms with E-state index in [9.17, 15) is 0 Å². The third-order valence-electron chi connectivity index (χ3n) is 3.69. The lowest BCUT2D eigenvalue weighted by atomic mass is 9.90. The number of hydrogen-bond acceptors (Lipinski definition) is 5. The molecule has 4 nitrogen and oxygen atoms in total. The highest BCUT2D eigenvalue weighted by atomic mass is 32.2. The molecule has 1 aliphatic heterocycles. The van der Waals surface area contributed by atoms with Crippen molar-refractivity contribution in [3.8, 4) is 0 Å². The predicted molar refractivity (Wildman–Crippen MR) is 73.9 cm³/mol. The number of thioether (sulfide) groups is 1. The van der Waals surface area contributed by atoms with Crippen LogP contribution in [-0.2, 0) is 9.47 Å². The van der Waals surface area contributed by atoms with Crippen LogP contribution in [0.5, 0.6) is 0 Å². The lowest BCUT2D eigenvalue weighted by molar-refractivity contribution is -0.179. The molecule has 0 aromatic heterocycles. The van der Waals surface area contributed by atoms with E-state index in [2.05, 4.69) is 5.32 Å². The van der Waals surface area contributed by atoms with Crippen LogP contribution in [0.25, 0.3) is 0 Å². The Morgan fingerprint density at radius 3 is 2.56 bits per heavy atom. The molecule has 1 aliphatic carbocycles. The number of ether oxygens (including phenoxy) is 2. The average Bonchev–Trinajstić information content (AvgIpc) is 2.85. The summed E-state index contributed by atoms with van der Waals surface area (Å²) < 4.78 is 11.4. The van der Waals surface area contributed by atoms with E-state index in [1.165, 1.54) is 0 Å². The lowest BCUT2D eigenvalue weighted by Gasteiger charge is -2.35. The number of rotatable bonds is 7. The van der Waals surface area contributed by atoms with E-state index in [0.717, 1.165) is 63.4 Å². The van der Waals surface area contributed by atoms with E-state index in [1.807, 2.05) is 11.8 Å². The second-order valence-corrected chi connectivity index (χ2v) is 6.25. The summed E-state index contributed by atoms with van der Waals surface area (Å²) in [5.74, 6) is 1.97. The van der Waals surface area contributed by atoms with Gasteiger partial charge in [0.05, 0.1) is 13.2 Å². The van der Waals surface area contributed by atoms with Crippen molar-refractivity contribution in [3.05, 3.63) is 0 Å². The Labute approximate surface area is 114 Å². The molecule has 2 aliphatic rings. The summed E-state index contributed by atoms with van der Waals surface area (Å²) in [6, 6.07) is 0.627. The van der Waals surface area contributed by atoms with Crippen LogP contribution in [0.3, 0.4) is 0 Å². The molecule has 2 N–H and O–H groups in total. The average molecular weight is 275 g/mol. The highest BCUT2D eigenvalue weighted by Crippen LogP contribution is 2.35. The Bertz CT molecular complexity index is 224. The molecule has 0 amide bonds. The summed E-state index contributed by atoms with van der Waals surface area (Å²) in [6.45, 7) is 2.90. The zero-order chi connectivity index (χ0) is 12.7. The van der Waals surface area contributed by atoms with Gasteiger partial charge in [0, 0.05) is 37.8 Å². The first-order valence-corrected chi connectivity index (χ1v) is 8.20. The first-order chi connectivity index (χ1) is 8.85. The molecule has 0 aromatic rings. The zero-order valence-corrected chi connectivity index (χ0v) is 11.8. The van der Waals surface area contributed by atoms with Gasteiger partial charge in [0.1, 0.15) is 0 Å². The molecular weight excluding hydrogens is 250 g/mol. The molecule has 5 heteroatoms. The largest absolute Gasteiger partial charge is 0.396 e. The molecule has 0 bridgehead atoms. The van der Waals surface area contributed by atoms with Crippen LogP contribution in [0.1, 0.15) is 32.1 Å². The van der Waals surface area contributed by atoms with Crippen molar-refractivity contribution in [2.75, 3.05) is 37.9 Å². The maximum atomic E-state index is 8.67. The summed E-state index contributed by atoms with van der Waals surface area (Å²) in [5.41, 5.74) is 0. The van der Waals surface area contributed by atoms with E-state index >= 15 is 0 Å². The minimum absolute atomic E-state index is 0.228. The standard InChI is InChI=1S/C13H25NO3S/c15-7-1-10-18-11-6-14-12-2-4-13(5-3-12)16-8-9-17-13/h12,14-15H,1-11H2. The van der Waals surface area contributed by atoms with Gasteiger partial charge in [-0.05, 0) is 25.0 Å². The lowest BCUT2D eigenvalue weighted by Crippen LogP contribution is -2.42. The van der Waals surface area contributed by atoms with E-state index in [4.69, 9.17) is 14.6 Å². The number of nitrogens with one attached hydrogen (secondary N) is 1. The molecular formula is C13H25NO3S. The second kappa shape index (κ2) is 7.70. The first-order valence-electron chi connectivity index (χ1n) is 7.05. The third kappa shape index (κ3) is 4.38. The number of aliphatic hydroxyl groups excluding tert-OH is 1. The maximum Gasteiger partial charge on any atom is 0.168 e. The zero-order valence-electron chi connectivity index (χ0n) is 11.0. The molecule has 2 rings (SSSR count). The van der Waals surface area contributed by atoms with E-state index in [0.29, 0.717) is 12.6 Å². The highest BCUT2D eigenvalue weighted by molar-refractivity contribution is 7.99. The molecule has 106 valence electrons. The fourth-order valence-electron chi connectivity index (χ4n) is 2.65. The Morgan fingerprint density at radius 2 is 1.89 bits per heavy atom. The van der Waals surface area contributed by atoms with E-state index in [1.54, 1.807) is 0 Å². The minimum Gasteiger partial charge on any atom is -0.396 e. The predicted octanol–water partition coefficient (Wildman–Crippen LogP) is 1.38. The second-order valence-electron chi connectivity index (χ2n) is 5.03. The van der Waals surface area contributed by atoms with Crippen LogP contribution >= 0.6 is 11.8 Å². The fraction of sp³-hybridized carbons (Fsp3) is 1.00. The summed E-state index contributed by atoms with van der Waals surface area (Å²) in [7, 11) is 0. The number of hydrogen-bond donors (Lipinski definition) is 2. The SMILES string of the molecule is OCCCSCCNC1CCC2(CC1)OCCO2. The molecule has 0 unspecified atom stereocenters. The Kier molecular flexibility index (Phi) is 6.24. The van der Waals surface area contributed by atoms with Crippen molar-refractivity contribution in [1.82, 2.24) is 5.32 Å². The van der Waals surface area contributed by atoms with Crippen LogP contribution in [0.15, 0.2) is 0 Å². The van der Waals surface area contributed by atoms with E-state index in [-0.39, 0.29) is 5.79 Å². The summed E-state index contributed by atoms with van der Waals surface area (Å²) in [6.07, 6.45) is 5.28.